The van der Waals surface area contributed by atoms with Crippen LogP contribution in [0, 0.1) is 10.1 Å². The molecule has 8 nitrogen and oxygen atoms in total. The monoisotopic (exact) mass is 383 g/mol. The van der Waals surface area contributed by atoms with Gasteiger partial charge < -0.3 is 14.5 Å². The van der Waals surface area contributed by atoms with Crippen molar-refractivity contribution in [3.63, 3.8) is 0 Å². The molecule has 8 heteroatoms. The summed E-state index contributed by atoms with van der Waals surface area (Å²) in [5, 5.41) is 11.3. The molecule has 0 aromatic heterocycles. The topological polar surface area (TPSA) is 93.0 Å². The van der Waals surface area contributed by atoms with Crippen LogP contribution in [0.3, 0.4) is 0 Å². The van der Waals surface area contributed by atoms with Gasteiger partial charge in [-0.2, -0.15) is 0 Å². The summed E-state index contributed by atoms with van der Waals surface area (Å²) in [4.78, 5) is 39.1. The number of para-hydroxylation sites is 1. The number of nitrogens with zero attached hydrogens (tertiary/aromatic N) is 3. The van der Waals surface area contributed by atoms with Crippen LogP contribution in [0.5, 0.6) is 0 Å². The van der Waals surface area contributed by atoms with Crippen LogP contribution in [0.4, 0.5) is 17.1 Å². The second kappa shape index (κ2) is 7.67. The van der Waals surface area contributed by atoms with E-state index in [-0.39, 0.29) is 17.2 Å². The summed E-state index contributed by atoms with van der Waals surface area (Å²) in [6.07, 6.45) is -0.257. The lowest BCUT2D eigenvalue weighted by Gasteiger charge is -2.21. The molecule has 1 amide bonds. The molecule has 0 saturated heterocycles. The molecule has 3 rings (SSSR count). The average molecular weight is 383 g/mol. The summed E-state index contributed by atoms with van der Waals surface area (Å²) in [7, 11) is 3.35. The van der Waals surface area contributed by atoms with Crippen molar-refractivity contribution in [2.45, 2.75) is 19.4 Å². The minimum absolute atomic E-state index is 0.0266. The van der Waals surface area contributed by atoms with Crippen LogP contribution < -0.4 is 9.80 Å². The van der Waals surface area contributed by atoms with Crippen molar-refractivity contribution in [1.82, 2.24) is 0 Å². The van der Waals surface area contributed by atoms with Crippen molar-refractivity contribution in [3.05, 3.63) is 63.7 Å². The first-order chi connectivity index (χ1) is 13.3. The average Bonchev–Trinajstić information content (AvgIpc) is 3.10. The fourth-order valence-corrected chi connectivity index (χ4v) is 3.24. The largest absolute Gasteiger partial charge is 0.449 e. The SMILES string of the molecule is C[C@H](OC(=O)c1ccc(N(C)C)c([N+](=O)[O-])c1)C(=O)N1CCc2ccccc21. The van der Waals surface area contributed by atoms with Gasteiger partial charge in [0.25, 0.3) is 11.6 Å². The highest BCUT2D eigenvalue weighted by Crippen LogP contribution is 2.30. The van der Waals surface area contributed by atoms with Gasteiger partial charge in [0.1, 0.15) is 5.69 Å². The predicted octanol–water partition coefficient (Wildman–Crippen LogP) is 2.80. The Morgan fingerprint density at radius 2 is 1.93 bits per heavy atom. The van der Waals surface area contributed by atoms with Gasteiger partial charge in [0, 0.05) is 32.4 Å². The molecule has 146 valence electrons. The summed E-state index contributed by atoms with van der Waals surface area (Å²) < 4.78 is 5.29. The van der Waals surface area contributed by atoms with Crippen molar-refractivity contribution in [3.8, 4) is 0 Å². The van der Waals surface area contributed by atoms with Crippen LogP contribution in [-0.2, 0) is 16.0 Å². The van der Waals surface area contributed by atoms with Gasteiger partial charge in [-0.25, -0.2) is 4.79 Å². The Balaban J connectivity index is 1.75. The lowest BCUT2D eigenvalue weighted by Crippen LogP contribution is -2.39. The first kappa shape index (κ1) is 19.3. The molecule has 0 N–H and O–H groups in total. The van der Waals surface area contributed by atoms with Crippen molar-refractivity contribution in [2.75, 3.05) is 30.4 Å². The number of amides is 1. The van der Waals surface area contributed by atoms with E-state index >= 15 is 0 Å². The number of benzene rings is 2. The Morgan fingerprint density at radius 3 is 2.61 bits per heavy atom. The number of carbonyl (C=O) groups is 2. The van der Waals surface area contributed by atoms with Gasteiger partial charge in [0.15, 0.2) is 6.10 Å². The molecule has 1 aliphatic rings. The number of esters is 1. The smallest absolute Gasteiger partial charge is 0.339 e. The van der Waals surface area contributed by atoms with E-state index in [0.717, 1.165) is 17.7 Å². The fraction of sp³-hybridized carbons (Fsp3) is 0.300. The highest BCUT2D eigenvalue weighted by atomic mass is 16.6. The Hall–Kier alpha value is -3.42. The maximum Gasteiger partial charge on any atom is 0.339 e. The molecule has 1 aliphatic heterocycles. The van der Waals surface area contributed by atoms with E-state index in [9.17, 15) is 19.7 Å². The van der Waals surface area contributed by atoms with E-state index in [1.807, 2.05) is 24.3 Å². The standard InChI is InChI=1S/C20H21N3O5/c1-13(19(24)22-11-10-14-6-4-5-7-16(14)22)28-20(25)15-8-9-17(21(2)3)18(12-15)23(26)27/h4-9,12-13H,10-11H2,1-3H3/t13-/m0/s1. The third-order valence-electron chi connectivity index (χ3n) is 4.67. The zero-order valence-corrected chi connectivity index (χ0v) is 15.9. The van der Waals surface area contributed by atoms with Crippen LogP contribution in [0.15, 0.2) is 42.5 Å². The minimum atomic E-state index is -1.01. The van der Waals surface area contributed by atoms with Crippen LogP contribution in [-0.4, -0.2) is 43.5 Å². The maximum atomic E-state index is 12.7. The number of fused-ring (bicyclic) bond motifs is 1. The Kier molecular flexibility index (Phi) is 5.30. The van der Waals surface area contributed by atoms with Crippen LogP contribution in [0.2, 0.25) is 0 Å². The van der Waals surface area contributed by atoms with Gasteiger partial charge in [-0.1, -0.05) is 18.2 Å². The van der Waals surface area contributed by atoms with Crippen LogP contribution in [0.25, 0.3) is 0 Å². The van der Waals surface area contributed by atoms with E-state index < -0.39 is 17.0 Å². The van der Waals surface area contributed by atoms with E-state index in [0.29, 0.717) is 12.2 Å². The van der Waals surface area contributed by atoms with Gasteiger partial charge in [-0.05, 0) is 37.1 Å². The summed E-state index contributed by atoms with van der Waals surface area (Å²) in [6.45, 7) is 2.03. The zero-order valence-electron chi connectivity index (χ0n) is 15.9. The quantitative estimate of drug-likeness (QED) is 0.448. The Bertz CT molecular complexity index is 941. The number of hydrogen-bond donors (Lipinski definition) is 0. The molecule has 28 heavy (non-hydrogen) atoms. The van der Waals surface area contributed by atoms with Crippen molar-refractivity contribution >= 4 is 28.9 Å². The first-order valence-corrected chi connectivity index (χ1v) is 8.85. The molecule has 0 bridgehead atoms. The van der Waals surface area contributed by atoms with E-state index in [4.69, 9.17) is 4.74 Å². The van der Waals surface area contributed by atoms with Gasteiger partial charge in [0.2, 0.25) is 0 Å². The van der Waals surface area contributed by atoms with Crippen molar-refractivity contribution in [1.29, 1.82) is 0 Å². The Morgan fingerprint density at radius 1 is 1.21 bits per heavy atom. The summed E-state index contributed by atoms with van der Waals surface area (Å²) in [5.74, 6) is -1.10. The lowest BCUT2D eigenvalue weighted by atomic mass is 10.1. The molecule has 0 saturated carbocycles. The normalized spacial score (nSPS) is 13.6. The second-order valence-corrected chi connectivity index (χ2v) is 6.77. The number of nitro benzene ring substituents is 1. The molecule has 0 spiro atoms. The molecule has 0 unspecified atom stereocenters. The second-order valence-electron chi connectivity index (χ2n) is 6.77. The molecule has 0 radical (unpaired) electrons. The third kappa shape index (κ3) is 3.66. The molecule has 2 aromatic carbocycles. The molecule has 0 aliphatic carbocycles. The fourth-order valence-electron chi connectivity index (χ4n) is 3.24. The van der Waals surface area contributed by atoms with Crippen molar-refractivity contribution in [2.24, 2.45) is 0 Å². The van der Waals surface area contributed by atoms with E-state index in [1.165, 1.54) is 25.1 Å². The van der Waals surface area contributed by atoms with Crippen molar-refractivity contribution < 1.29 is 19.2 Å². The maximum absolute atomic E-state index is 12.7. The summed E-state index contributed by atoms with van der Waals surface area (Å²) in [6, 6.07) is 11.7. The third-order valence-corrected chi connectivity index (χ3v) is 4.67. The highest BCUT2D eigenvalue weighted by molar-refractivity contribution is 6.00. The molecule has 2 aromatic rings. The van der Waals surface area contributed by atoms with Crippen LogP contribution in [0.1, 0.15) is 22.8 Å². The van der Waals surface area contributed by atoms with Gasteiger partial charge in [-0.3, -0.25) is 14.9 Å². The molecular weight excluding hydrogens is 362 g/mol. The van der Waals surface area contributed by atoms with Crippen LogP contribution >= 0.6 is 0 Å². The number of ether oxygens (including phenoxy) is 1. The Labute approximate surface area is 162 Å². The molecule has 0 fully saturated rings. The zero-order chi connectivity index (χ0) is 20.4. The predicted molar refractivity (Wildman–Crippen MR) is 105 cm³/mol. The highest BCUT2D eigenvalue weighted by Gasteiger charge is 2.30. The number of rotatable bonds is 5. The van der Waals surface area contributed by atoms with Gasteiger partial charge >= 0.3 is 5.97 Å². The summed E-state index contributed by atoms with van der Waals surface area (Å²) in [5.41, 5.74) is 2.09. The molecule has 1 atom stereocenters. The van der Waals surface area contributed by atoms with E-state index in [2.05, 4.69) is 0 Å². The lowest BCUT2D eigenvalue weighted by molar-refractivity contribution is -0.384. The number of anilines is 2. The minimum Gasteiger partial charge on any atom is -0.449 e. The van der Waals surface area contributed by atoms with Gasteiger partial charge in [0.05, 0.1) is 10.5 Å². The molecular formula is C20H21N3O5. The number of hydrogen-bond acceptors (Lipinski definition) is 6. The number of nitro groups is 1. The number of carbonyl (C=O) groups excluding carboxylic acids is 2. The first-order valence-electron chi connectivity index (χ1n) is 8.85. The molecule has 1 heterocycles. The van der Waals surface area contributed by atoms with Gasteiger partial charge in [-0.15, -0.1) is 0 Å². The summed E-state index contributed by atoms with van der Waals surface area (Å²) >= 11 is 0. The van der Waals surface area contributed by atoms with E-state index in [1.54, 1.807) is 23.9 Å².